The van der Waals surface area contributed by atoms with Crippen molar-refractivity contribution in [2.24, 2.45) is 0 Å². The van der Waals surface area contributed by atoms with Crippen LogP contribution in [0.3, 0.4) is 0 Å². The first-order valence-corrected chi connectivity index (χ1v) is 9.98. The Morgan fingerprint density at radius 2 is 1.52 bits per heavy atom. The van der Waals surface area contributed by atoms with Crippen molar-refractivity contribution in [1.82, 2.24) is 0 Å². The molecule has 2 heterocycles. The minimum absolute atomic E-state index is 0. The van der Waals surface area contributed by atoms with Gasteiger partial charge < -0.3 is 29.0 Å². The summed E-state index contributed by atoms with van der Waals surface area (Å²) in [6, 6.07) is 20.2. The quantitative estimate of drug-likeness (QED) is 0.543. The van der Waals surface area contributed by atoms with Gasteiger partial charge in [0.2, 0.25) is 13.6 Å². The summed E-state index contributed by atoms with van der Waals surface area (Å²) >= 11 is 0. The van der Waals surface area contributed by atoms with Crippen molar-refractivity contribution >= 4 is 18.1 Å². The molecule has 2 aliphatic rings. The first-order valence-electron chi connectivity index (χ1n) is 9.98. The summed E-state index contributed by atoms with van der Waals surface area (Å²) in [7, 11) is 1.71. The average Bonchev–Trinajstić information content (AvgIpc) is 3.45. The van der Waals surface area contributed by atoms with E-state index in [0.717, 1.165) is 58.5 Å². The van der Waals surface area contributed by atoms with Crippen molar-refractivity contribution in [3.8, 4) is 28.7 Å². The molecule has 0 aliphatic carbocycles. The highest BCUT2D eigenvalue weighted by Gasteiger charge is 2.22. The Bertz CT molecular complexity index is 1060. The third-order valence-corrected chi connectivity index (χ3v) is 5.45. The molecule has 1 unspecified atom stereocenters. The molecule has 3 aromatic carbocycles. The van der Waals surface area contributed by atoms with Gasteiger partial charge in [0.15, 0.2) is 23.0 Å². The molecule has 7 heteroatoms. The molecule has 0 fully saturated rings. The van der Waals surface area contributed by atoms with Crippen LogP contribution in [0.15, 0.2) is 60.7 Å². The summed E-state index contributed by atoms with van der Waals surface area (Å²) in [5, 5.41) is 3.50. The maximum Gasteiger partial charge on any atom is 0.231 e. The summed E-state index contributed by atoms with van der Waals surface area (Å²) in [6.45, 7) is 1.32. The molecule has 3 aromatic rings. The monoisotopic (exact) mass is 441 g/mol. The van der Waals surface area contributed by atoms with Crippen molar-refractivity contribution in [3.63, 3.8) is 0 Å². The standard InChI is InChI=1S/C24H23NO5.ClH/c1-26-20-5-3-2-4-19(20)18(16-6-8-21-23(12-16)29-14-27-21)10-11-25-17-7-9-22-24(13-17)30-15-28-22;/h2-9,12-13,18,25H,10-11,14-15H2,1H3;1H. The predicted molar refractivity (Wildman–Crippen MR) is 120 cm³/mol. The van der Waals surface area contributed by atoms with Gasteiger partial charge in [-0.1, -0.05) is 24.3 Å². The van der Waals surface area contributed by atoms with Gasteiger partial charge in [-0.2, -0.15) is 0 Å². The van der Waals surface area contributed by atoms with E-state index in [1.807, 2.05) is 42.5 Å². The van der Waals surface area contributed by atoms with Crippen molar-refractivity contribution in [2.45, 2.75) is 12.3 Å². The number of nitrogens with one attached hydrogen (secondary N) is 1. The number of halogens is 1. The SMILES string of the molecule is COc1ccccc1C(CCNc1ccc2c(c1)OCO2)c1ccc2c(c1)OCO2.Cl. The lowest BCUT2D eigenvalue weighted by molar-refractivity contribution is 0.173. The van der Waals surface area contributed by atoms with Gasteiger partial charge in [0.25, 0.3) is 0 Å². The molecule has 6 nitrogen and oxygen atoms in total. The topological polar surface area (TPSA) is 58.2 Å². The van der Waals surface area contributed by atoms with E-state index in [2.05, 4.69) is 23.5 Å². The van der Waals surface area contributed by atoms with Crippen molar-refractivity contribution in [2.75, 3.05) is 32.6 Å². The molecule has 2 aliphatic heterocycles. The van der Waals surface area contributed by atoms with Gasteiger partial charge in [-0.25, -0.2) is 0 Å². The number of methoxy groups -OCH3 is 1. The zero-order valence-corrected chi connectivity index (χ0v) is 17.9. The molecule has 5 rings (SSSR count). The van der Waals surface area contributed by atoms with E-state index >= 15 is 0 Å². The molecule has 0 radical (unpaired) electrons. The molecular weight excluding hydrogens is 418 g/mol. The number of ether oxygens (including phenoxy) is 5. The van der Waals surface area contributed by atoms with Crippen LogP contribution in [-0.2, 0) is 0 Å². The zero-order chi connectivity index (χ0) is 20.3. The summed E-state index contributed by atoms with van der Waals surface area (Å²) in [4.78, 5) is 0. The van der Waals surface area contributed by atoms with Crippen LogP contribution in [0.4, 0.5) is 5.69 Å². The Labute approximate surface area is 187 Å². The third-order valence-electron chi connectivity index (χ3n) is 5.45. The fourth-order valence-electron chi connectivity index (χ4n) is 3.95. The minimum Gasteiger partial charge on any atom is -0.496 e. The van der Waals surface area contributed by atoms with Crippen LogP contribution in [0.1, 0.15) is 23.5 Å². The Balaban J connectivity index is 0.00000231. The summed E-state index contributed by atoms with van der Waals surface area (Å²) < 4.78 is 27.6. The average molecular weight is 442 g/mol. The van der Waals surface area contributed by atoms with E-state index in [1.54, 1.807) is 7.11 Å². The van der Waals surface area contributed by atoms with Crippen LogP contribution >= 0.6 is 12.4 Å². The lowest BCUT2D eigenvalue weighted by atomic mass is 9.87. The highest BCUT2D eigenvalue weighted by molar-refractivity contribution is 5.85. The minimum atomic E-state index is 0. The number of anilines is 1. The Morgan fingerprint density at radius 3 is 2.29 bits per heavy atom. The fraction of sp³-hybridized carbons (Fsp3) is 0.250. The van der Waals surface area contributed by atoms with Gasteiger partial charge in [0, 0.05) is 29.8 Å². The van der Waals surface area contributed by atoms with Gasteiger partial charge in [0.05, 0.1) is 7.11 Å². The Morgan fingerprint density at radius 1 is 0.839 bits per heavy atom. The molecule has 0 spiro atoms. The maximum atomic E-state index is 5.65. The molecular formula is C24H24ClNO5. The van der Waals surface area contributed by atoms with E-state index in [4.69, 9.17) is 23.7 Å². The molecule has 31 heavy (non-hydrogen) atoms. The van der Waals surface area contributed by atoms with Crippen LogP contribution in [0.25, 0.3) is 0 Å². The van der Waals surface area contributed by atoms with Crippen molar-refractivity contribution < 1.29 is 23.7 Å². The molecule has 1 atom stereocenters. The molecule has 162 valence electrons. The van der Waals surface area contributed by atoms with Gasteiger partial charge in [-0.05, 0) is 42.3 Å². The van der Waals surface area contributed by atoms with Crippen LogP contribution in [0, 0.1) is 0 Å². The second kappa shape index (κ2) is 9.27. The van der Waals surface area contributed by atoms with E-state index in [9.17, 15) is 0 Å². The van der Waals surface area contributed by atoms with E-state index in [-0.39, 0.29) is 31.9 Å². The summed E-state index contributed by atoms with van der Waals surface area (Å²) in [5.41, 5.74) is 3.31. The second-order valence-electron chi connectivity index (χ2n) is 7.19. The van der Waals surface area contributed by atoms with E-state index < -0.39 is 0 Å². The number of fused-ring (bicyclic) bond motifs is 2. The van der Waals surface area contributed by atoms with Crippen LogP contribution in [0.5, 0.6) is 28.7 Å². The molecule has 0 amide bonds. The first-order chi connectivity index (χ1) is 14.8. The Hall–Kier alpha value is -3.25. The van der Waals surface area contributed by atoms with Crippen LogP contribution < -0.4 is 29.0 Å². The zero-order valence-electron chi connectivity index (χ0n) is 17.1. The van der Waals surface area contributed by atoms with Gasteiger partial charge in [0.1, 0.15) is 5.75 Å². The van der Waals surface area contributed by atoms with Gasteiger partial charge in [-0.3, -0.25) is 0 Å². The highest BCUT2D eigenvalue weighted by atomic mass is 35.5. The van der Waals surface area contributed by atoms with E-state index in [1.165, 1.54) is 0 Å². The predicted octanol–water partition coefficient (Wildman–Crippen LogP) is 5.21. The smallest absolute Gasteiger partial charge is 0.231 e. The molecule has 0 bridgehead atoms. The Kier molecular flexibility index (Phi) is 6.28. The maximum absolute atomic E-state index is 5.65. The molecule has 0 saturated heterocycles. The van der Waals surface area contributed by atoms with Crippen molar-refractivity contribution in [1.29, 1.82) is 0 Å². The first kappa shape index (κ1) is 21.0. The molecule has 0 saturated carbocycles. The third kappa shape index (κ3) is 4.30. The highest BCUT2D eigenvalue weighted by Crippen LogP contribution is 2.40. The van der Waals surface area contributed by atoms with Crippen LogP contribution in [-0.4, -0.2) is 27.2 Å². The molecule has 0 aromatic heterocycles. The number of benzene rings is 3. The largest absolute Gasteiger partial charge is 0.496 e. The van der Waals surface area contributed by atoms with Gasteiger partial charge >= 0.3 is 0 Å². The summed E-state index contributed by atoms with van der Waals surface area (Å²) in [6.07, 6.45) is 0.870. The number of rotatable bonds is 7. The number of hydrogen-bond acceptors (Lipinski definition) is 6. The fourth-order valence-corrected chi connectivity index (χ4v) is 3.95. The van der Waals surface area contributed by atoms with Gasteiger partial charge in [-0.15, -0.1) is 12.4 Å². The lowest BCUT2D eigenvalue weighted by Crippen LogP contribution is -2.10. The van der Waals surface area contributed by atoms with E-state index in [0.29, 0.717) is 0 Å². The molecule has 1 N–H and O–H groups in total. The van der Waals surface area contributed by atoms with Crippen molar-refractivity contribution in [3.05, 3.63) is 71.8 Å². The summed E-state index contributed by atoms with van der Waals surface area (Å²) in [5.74, 6) is 4.15. The number of para-hydroxylation sites is 1. The van der Waals surface area contributed by atoms with Crippen LogP contribution in [0.2, 0.25) is 0 Å². The lowest BCUT2D eigenvalue weighted by Gasteiger charge is -2.21. The second-order valence-corrected chi connectivity index (χ2v) is 7.19. The number of hydrogen-bond donors (Lipinski definition) is 1. The normalized spacial score (nSPS) is 14.0.